The Morgan fingerprint density at radius 1 is 1.14 bits per heavy atom. The molecule has 0 aliphatic rings. The lowest BCUT2D eigenvalue weighted by Gasteiger charge is -2.14. The van der Waals surface area contributed by atoms with Crippen molar-refractivity contribution in [1.29, 1.82) is 0 Å². The molecule has 0 atom stereocenters. The predicted octanol–water partition coefficient (Wildman–Crippen LogP) is 5.72. The van der Waals surface area contributed by atoms with E-state index in [1.807, 2.05) is 13.8 Å². The number of fused-ring (bicyclic) bond motifs is 1. The van der Waals surface area contributed by atoms with Crippen LogP contribution in [0.2, 0.25) is 0 Å². The molecular weight excluding hydrogens is 373 g/mol. The monoisotopic (exact) mass is 392 g/mol. The van der Waals surface area contributed by atoms with Crippen LogP contribution in [0.4, 0.5) is 13.2 Å². The molecule has 0 saturated carbocycles. The molecule has 0 fully saturated rings. The smallest absolute Gasteiger partial charge is 0.303 e. The topological polar surface area (TPSA) is 59.7 Å². The highest BCUT2D eigenvalue weighted by Crippen LogP contribution is 2.31. The van der Waals surface area contributed by atoms with Crippen LogP contribution in [0.5, 0.6) is 5.75 Å². The molecular formula is C21H19F3O4. The Morgan fingerprint density at radius 2 is 1.89 bits per heavy atom. The van der Waals surface area contributed by atoms with E-state index in [2.05, 4.69) is 0 Å². The first-order valence-electron chi connectivity index (χ1n) is 8.70. The maximum atomic E-state index is 13.8. The predicted molar refractivity (Wildman–Crippen MR) is 97.3 cm³/mol. The van der Waals surface area contributed by atoms with Gasteiger partial charge in [-0.05, 0) is 61.2 Å². The Morgan fingerprint density at radius 3 is 2.57 bits per heavy atom. The van der Waals surface area contributed by atoms with E-state index in [4.69, 9.17) is 14.3 Å². The van der Waals surface area contributed by atoms with Crippen LogP contribution < -0.4 is 4.74 Å². The van der Waals surface area contributed by atoms with Gasteiger partial charge in [-0.25, -0.2) is 13.2 Å². The first-order chi connectivity index (χ1) is 13.3. The summed E-state index contributed by atoms with van der Waals surface area (Å²) >= 11 is 0. The van der Waals surface area contributed by atoms with E-state index in [1.54, 1.807) is 12.1 Å². The van der Waals surface area contributed by atoms with E-state index in [1.165, 1.54) is 6.07 Å². The molecule has 4 nitrogen and oxygen atoms in total. The zero-order valence-electron chi connectivity index (χ0n) is 15.4. The normalized spacial score (nSPS) is 11.4. The van der Waals surface area contributed by atoms with Gasteiger partial charge in [-0.3, -0.25) is 4.79 Å². The van der Waals surface area contributed by atoms with Gasteiger partial charge in [0.25, 0.3) is 6.43 Å². The summed E-state index contributed by atoms with van der Waals surface area (Å²) in [6.07, 6.45) is -2.34. The van der Waals surface area contributed by atoms with E-state index >= 15 is 0 Å². The third-order valence-electron chi connectivity index (χ3n) is 4.73. The minimum absolute atomic E-state index is 0.0344. The highest BCUT2D eigenvalue weighted by atomic mass is 19.3. The van der Waals surface area contributed by atoms with Crippen LogP contribution in [0.15, 0.2) is 34.7 Å². The summed E-state index contributed by atoms with van der Waals surface area (Å²) in [5.74, 6) is -1.40. The lowest BCUT2D eigenvalue weighted by atomic mass is 9.99. The third-order valence-corrected chi connectivity index (χ3v) is 4.73. The van der Waals surface area contributed by atoms with Crippen LogP contribution in [-0.2, 0) is 17.8 Å². The average Bonchev–Trinajstić information content (AvgIpc) is 3.06. The first kappa shape index (κ1) is 19.8. The number of carboxylic acid groups (broad SMARTS) is 1. The SMILES string of the molecule is Cc1c(CCC(=O)O)ccc(OCc2cc(F)cc3cc(C(F)F)oc23)c1C. The average molecular weight is 392 g/mol. The van der Waals surface area contributed by atoms with Gasteiger partial charge >= 0.3 is 5.97 Å². The molecule has 7 heteroatoms. The maximum absolute atomic E-state index is 13.8. The Hall–Kier alpha value is -2.96. The summed E-state index contributed by atoms with van der Waals surface area (Å²) in [4.78, 5) is 10.8. The van der Waals surface area contributed by atoms with Gasteiger partial charge in [-0.1, -0.05) is 6.07 Å². The number of alkyl halides is 2. The van der Waals surface area contributed by atoms with Gasteiger partial charge in [0, 0.05) is 17.4 Å². The molecule has 28 heavy (non-hydrogen) atoms. The van der Waals surface area contributed by atoms with Crippen LogP contribution >= 0.6 is 0 Å². The molecule has 0 spiro atoms. The van der Waals surface area contributed by atoms with Gasteiger partial charge in [-0.15, -0.1) is 0 Å². The van der Waals surface area contributed by atoms with Crippen molar-refractivity contribution in [2.45, 2.75) is 39.7 Å². The Labute approximate surface area is 159 Å². The Kier molecular flexibility index (Phi) is 5.63. The molecule has 0 bridgehead atoms. The summed E-state index contributed by atoms with van der Waals surface area (Å²) in [7, 11) is 0. The van der Waals surface area contributed by atoms with Gasteiger partial charge < -0.3 is 14.3 Å². The fourth-order valence-corrected chi connectivity index (χ4v) is 3.10. The van der Waals surface area contributed by atoms with Gasteiger partial charge in [-0.2, -0.15) is 0 Å². The molecule has 3 aromatic rings. The van der Waals surface area contributed by atoms with Crippen LogP contribution in [0.1, 0.15) is 40.9 Å². The van der Waals surface area contributed by atoms with E-state index in [0.717, 1.165) is 28.8 Å². The van der Waals surface area contributed by atoms with Crippen molar-refractivity contribution in [1.82, 2.24) is 0 Å². The number of carboxylic acids is 1. The number of rotatable bonds is 7. The Balaban J connectivity index is 1.84. The standard InChI is InChI=1S/C21H19F3O4/c1-11-12(2)17(5-3-13(11)4-6-19(25)26)27-10-15-8-16(22)7-14-9-18(21(23)24)28-20(14)15/h3,5,7-9,21H,4,6,10H2,1-2H3,(H,25,26). The highest BCUT2D eigenvalue weighted by molar-refractivity contribution is 5.81. The summed E-state index contributed by atoms with van der Waals surface area (Å²) in [6, 6.07) is 6.98. The summed E-state index contributed by atoms with van der Waals surface area (Å²) < 4.78 is 50.6. The fourth-order valence-electron chi connectivity index (χ4n) is 3.10. The van der Waals surface area contributed by atoms with Crippen LogP contribution in [0.3, 0.4) is 0 Å². The quantitative estimate of drug-likeness (QED) is 0.558. The molecule has 0 saturated heterocycles. The number of carbonyl (C=O) groups is 1. The fraction of sp³-hybridized carbons (Fsp3) is 0.286. The lowest BCUT2D eigenvalue weighted by molar-refractivity contribution is -0.136. The second kappa shape index (κ2) is 7.96. The maximum Gasteiger partial charge on any atom is 0.303 e. The van der Waals surface area contributed by atoms with E-state index in [9.17, 15) is 18.0 Å². The second-order valence-electron chi connectivity index (χ2n) is 6.59. The second-order valence-corrected chi connectivity index (χ2v) is 6.59. The molecule has 0 unspecified atom stereocenters. The summed E-state index contributed by atoms with van der Waals surface area (Å²) in [5.41, 5.74) is 3.16. The van der Waals surface area contributed by atoms with E-state index < -0.39 is 24.0 Å². The molecule has 2 aromatic carbocycles. The van der Waals surface area contributed by atoms with Crippen LogP contribution in [-0.4, -0.2) is 11.1 Å². The van der Waals surface area contributed by atoms with Crippen molar-refractivity contribution in [3.05, 3.63) is 64.2 Å². The minimum atomic E-state index is -2.78. The van der Waals surface area contributed by atoms with Crippen LogP contribution in [0.25, 0.3) is 11.0 Å². The van der Waals surface area contributed by atoms with Crippen molar-refractivity contribution >= 4 is 16.9 Å². The van der Waals surface area contributed by atoms with Gasteiger partial charge in [0.2, 0.25) is 0 Å². The van der Waals surface area contributed by atoms with Gasteiger partial charge in [0.05, 0.1) is 0 Å². The number of hydrogen-bond acceptors (Lipinski definition) is 3. The molecule has 0 amide bonds. The largest absolute Gasteiger partial charge is 0.488 e. The number of furan rings is 1. The minimum Gasteiger partial charge on any atom is -0.488 e. The van der Waals surface area contributed by atoms with Crippen molar-refractivity contribution in [3.63, 3.8) is 0 Å². The number of halogens is 3. The molecule has 0 aliphatic heterocycles. The van der Waals surface area contributed by atoms with Crippen molar-refractivity contribution in [3.8, 4) is 5.75 Å². The van der Waals surface area contributed by atoms with Crippen molar-refractivity contribution < 1.29 is 32.2 Å². The number of aliphatic carboxylic acids is 1. The van der Waals surface area contributed by atoms with Gasteiger partial charge in [0.1, 0.15) is 23.8 Å². The van der Waals surface area contributed by atoms with Crippen molar-refractivity contribution in [2.75, 3.05) is 0 Å². The zero-order chi connectivity index (χ0) is 20.4. The molecule has 0 aliphatic carbocycles. The van der Waals surface area contributed by atoms with Gasteiger partial charge in [0.15, 0.2) is 5.76 Å². The van der Waals surface area contributed by atoms with E-state index in [-0.39, 0.29) is 24.0 Å². The summed E-state index contributed by atoms with van der Waals surface area (Å²) in [5, 5.41) is 9.09. The zero-order valence-corrected chi connectivity index (χ0v) is 15.4. The molecule has 0 radical (unpaired) electrons. The molecule has 1 N–H and O–H groups in total. The van der Waals surface area contributed by atoms with Crippen LogP contribution in [0, 0.1) is 19.7 Å². The number of aryl methyl sites for hydroxylation is 1. The van der Waals surface area contributed by atoms with Crippen molar-refractivity contribution in [2.24, 2.45) is 0 Å². The molecule has 148 valence electrons. The molecule has 3 rings (SSSR count). The molecule has 1 aromatic heterocycles. The molecule has 1 heterocycles. The first-order valence-corrected chi connectivity index (χ1v) is 8.70. The highest BCUT2D eigenvalue weighted by Gasteiger charge is 2.17. The van der Waals surface area contributed by atoms with E-state index in [0.29, 0.717) is 17.7 Å². The Bertz CT molecular complexity index is 1020. The third kappa shape index (κ3) is 4.13. The number of benzene rings is 2. The summed E-state index contributed by atoms with van der Waals surface area (Å²) in [6.45, 7) is 3.66. The number of hydrogen-bond donors (Lipinski definition) is 1. The number of ether oxygens (including phenoxy) is 1. The lowest BCUT2D eigenvalue weighted by Crippen LogP contribution is -2.03.